The highest BCUT2D eigenvalue weighted by molar-refractivity contribution is 5.00. The Morgan fingerprint density at radius 1 is 1.58 bits per heavy atom. The Labute approximate surface area is 74.9 Å². The van der Waals surface area contributed by atoms with E-state index in [2.05, 4.69) is 25.3 Å². The summed E-state index contributed by atoms with van der Waals surface area (Å²) in [5.74, 6) is 5.37. The van der Waals surface area contributed by atoms with Crippen molar-refractivity contribution in [1.82, 2.24) is 5.43 Å². The van der Waals surface area contributed by atoms with E-state index in [1.165, 1.54) is 5.57 Å². The van der Waals surface area contributed by atoms with Crippen molar-refractivity contribution >= 4 is 0 Å². The van der Waals surface area contributed by atoms with E-state index in [-0.39, 0.29) is 12.1 Å². The van der Waals surface area contributed by atoms with Gasteiger partial charge in [0.1, 0.15) is 0 Å². The van der Waals surface area contributed by atoms with E-state index in [1.807, 2.05) is 6.92 Å². The van der Waals surface area contributed by atoms with Gasteiger partial charge >= 0.3 is 0 Å². The first-order valence-corrected chi connectivity index (χ1v) is 4.24. The van der Waals surface area contributed by atoms with Crippen molar-refractivity contribution in [2.45, 2.75) is 39.3 Å². The van der Waals surface area contributed by atoms with Gasteiger partial charge in [-0.15, -0.1) is 0 Å². The zero-order valence-electron chi connectivity index (χ0n) is 8.42. The third-order valence-electron chi connectivity index (χ3n) is 1.74. The van der Waals surface area contributed by atoms with Crippen LogP contribution in [-0.4, -0.2) is 19.3 Å². The standard InChI is InChI=1S/C9H20N2O/c1-7(2)5-9(11-10)6-8(3)12-4/h5,8-9,11H,6,10H2,1-4H3. The molecule has 0 aliphatic heterocycles. The van der Waals surface area contributed by atoms with E-state index < -0.39 is 0 Å². The molecule has 2 atom stereocenters. The molecule has 12 heavy (non-hydrogen) atoms. The van der Waals surface area contributed by atoms with Crippen molar-refractivity contribution in [3.8, 4) is 0 Å². The van der Waals surface area contributed by atoms with Crippen LogP contribution in [0.5, 0.6) is 0 Å². The summed E-state index contributed by atoms with van der Waals surface area (Å²) in [6.07, 6.45) is 3.25. The summed E-state index contributed by atoms with van der Waals surface area (Å²) in [7, 11) is 1.71. The second kappa shape index (κ2) is 6.17. The second-order valence-electron chi connectivity index (χ2n) is 3.30. The summed E-state index contributed by atoms with van der Waals surface area (Å²) >= 11 is 0. The van der Waals surface area contributed by atoms with Gasteiger partial charge in [-0.25, -0.2) is 0 Å². The van der Waals surface area contributed by atoms with E-state index in [1.54, 1.807) is 7.11 Å². The van der Waals surface area contributed by atoms with Crippen molar-refractivity contribution in [1.29, 1.82) is 0 Å². The SMILES string of the molecule is COC(C)CC(C=C(C)C)NN. The van der Waals surface area contributed by atoms with Crippen molar-refractivity contribution in [2.24, 2.45) is 5.84 Å². The van der Waals surface area contributed by atoms with Crippen LogP contribution in [0.2, 0.25) is 0 Å². The fraction of sp³-hybridized carbons (Fsp3) is 0.778. The molecule has 0 aliphatic carbocycles. The van der Waals surface area contributed by atoms with Crippen molar-refractivity contribution in [2.75, 3.05) is 7.11 Å². The van der Waals surface area contributed by atoms with Crippen LogP contribution in [-0.2, 0) is 4.74 Å². The first-order chi connectivity index (χ1) is 5.60. The lowest BCUT2D eigenvalue weighted by atomic mass is 10.1. The Balaban J connectivity index is 3.91. The van der Waals surface area contributed by atoms with Gasteiger partial charge in [-0.1, -0.05) is 11.6 Å². The predicted octanol–water partition coefficient (Wildman–Crippen LogP) is 1.21. The number of nitrogens with two attached hydrogens (primary N) is 1. The largest absolute Gasteiger partial charge is 0.382 e. The average molecular weight is 172 g/mol. The Kier molecular flexibility index (Phi) is 5.98. The molecule has 0 aromatic rings. The van der Waals surface area contributed by atoms with Gasteiger partial charge in [0.25, 0.3) is 0 Å². The first-order valence-electron chi connectivity index (χ1n) is 4.24. The number of allylic oxidation sites excluding steroid dienone is 1. The fourth-order valence-electron chi connectivity index (χ4n) is 1.04. The van der Waals surface area contributed by atoms with Gasteiger partial charge < -0.3 is 4.74 Å². The van der Waals surface area contributed by atoms with Gasteiger partial charge in [0.15, 0.2) is 0 Å². The zero-order valence-corrected chi connectivity index (χ0v) is 8.42. The molecule has 72 valence electrons. The van der Waals surface area contributed by atoms with E-state index in [9.17, 15) is 0 Å². The number of methoxy groups -OCH3 is 1. The summed E-state index contributed by atoms with van der Waals surface area (Å²) in [6.45, 7) is 6.15. The quantitative estimate of drug-likeness (QED) is 0.372. The Morgan fingerprint density at radius 2 is 2.17 bits per heavy atom. The third kappa shape index (κ3) is 5.29. The summed E-state index contributed by atoms with van der Waals surface area (Å²) in [5.41, 5.74) is 4.01. The Hall–Kier alpha value is -0.380. The van der Waals surface area contributed by atoms with E-state index in [0.29, 0.717) is 0 Å². The highest BCUT2D eigenvalue weighted by Crippen LogP contribution is 2.04. The van der Waals surface area contributed by atoms with Crippen LogP contribution in [0.25, 0.3) is 0 Å². The molecule has 0 spiro atoms. The number of hydrazine groups is 1. The molecule has 0 aliphatic rings. The minimum Gasteiger partial charge on any atom is -0.382 e. The highest BCUT2D eigenvalue weighted by atomic mass is 16.5. The molecule has 2 unspecified atom stereocenters. The summed E-state index contributed by atoms with van der Waals surface area (Å²) in [4.78, 5) is 0. The maximum Gasteiger partial charge on any atom is 0.0561 e. The number of hydrogen-bond acceptors (Lipinski definition) is 3. The molecule has 3 heteroatoms. The molecule has 0 bridgehead atoms. The lowest BCUT2D eigenvalue weighted by Crippen LogP contribution is -2.36. The van der Waals surface area contributed by atoms with Crippen molar-refractivity contribution in [3.63, 3.8) is 0 Å². The minimum atomic E-state index is 0.213. The molecule has 0 fully saturated rings. The number of nitrogens with one attached hydrogen (secondary N) is 1. The van der Waals surface area contributed by atoms with E-state index in [0.717, 1.165) is 6.42 Å². The average Bonchev–Trinajstić information content (AvgIpc) is 2.02. The second-order valence-corrected chi connectivity index (χ2v) is 3.30. The number of rotatable bonds is 5. The first kappa shape index (κ1) is 11.6. The topological polar surface area (TPSA) is 47.3 Å². The maximum absolute atomic E-state index is 5.37. The van der Waals surface area contributed by atoms with Crippen molar-refractivity contribution < 1.29 is 4.74 Å². The molecule has 0 rings (SSSR count). The lowest BCUT2D eigenvalue weighted by Gasteiger charge is -2.16. The zero-order chi connectivity index (χ0) is 9.56. The molecular weight excluding hydrogens is 152 g/mol. The molecule has 0 radical (unpaired) electrons. The monoisotopic (exact) mass is 172 g/mol. The van der Waals surface area contributed by atoms with E-state index in [4.69, 9.17) is 10.6 Å². The molecule has 0 heterocycles. The molecule has 0 amide bonds. The van der Waals surface area contributed by atoms with Gasteiger partial charge in [0, 0.05) is 13.2 Å². The van der Waals surface area contributed by atoms with Crippen LogP contribution in [0.1, 0.15) is 27.2 Å². The Bertz CT molecular complexity index is 141. The molecule has 3 N–H and O–H groups in total. The van der Waals surface area contributed by atoms with Gasteiger partial charge in [0.2, 0.25) is 0 Å². The van der Waals surface area contributed by atoms with Gasteiger partial charge in [-0.2, -0.15) is 0 Å². The van der Waals surface area contributed by atoms with Crippen LogP contribution in [0, 0.1) is 0 Å². The predicted molar refractivity (Wildman–Crippen MR) is 51.6 cm³/mol. The molecular formula is C9H20N2O. The molecule has 0 saturated carbocycles. The van der Waals surface area contributed by atoms with Gasteiger partial charge in [0.05, 0.1) is 6.10 Å². The molecule has 3 nitrogen and oxygen atoms in total. The lowest BCUT2D eigenvalue weighted by molar-refractivity contribution is 0.105. The maximum atomic E-state index is 5.37. The van der Waals surface area contributed by atoms with Crippen LogP contribution in [0.15, 0.2) is 11.6 Å². The van der Waals surface area contributed by atoms with Crippen molar-refractivity contribution in [3.05, 3.63) is 11.6 Å². The molecule has 0 aromatic heterocycles. The van der Waals surface area contributed by atoms with E-state index >= 15 is 0 Å². The van der Waals surface area contributed by atoms with Crippen LogP contribution >= 0.6 is 0 Å². The fourth-order valence-corrected chi connectivity index (χ4v) is 1.04. The molecule has 0 saturated heterocycles. The van der Waals surface area contributed by atoms with Crippen LogP contribution in [0.4, 0.5) is 0 Å². The molecule has 0 aromatic carbocycles. The third-order valence-corrected chi connectivity index (χ3v) is 1.74. The highest BCUT2D eigenvalue weighted by Gasteiger charge is 2.07. The summed E-state index contributed by atoms with van der Waals surface area (Å²) < 4.78 is 5.14. The number of ether oxygens (including phenoxy) is 1. The number of hydrogen-bond donors (Lipinski definition) is 2. The van der Waals surface area contributed by atoms with Crippen LogP contribution in [0.3, 0.4) is 0 Å². The Morgan fingerprint density at radius 3 is 2.50 bits per heavy atom. The van der Waals surface area contributed by atoms with Crippen LogP contribution < -0.4 is 11.3 Å². The summed E-state index contributed by atoms with van der Waals surface area (Å²) in [5, 5.41) is 0. The van der Waals surface area contributed by atoms with Gasteiger partial charge in [-0.05, 0) is 27.2 Å². The smallest absolute Gasteiger partial charge is 0.0561 e. The summed E-state index contributed by atoms with van der Waals surface area (Å²) in [6, 6.07) is 0.213. The normalized spacial score (nSPS) is 15.4. The van der Waals surface area contributed by atoms with Gasteiger partial charge in [-0.3, -0.25) is 11.3 Å². The minimum absolute atomic E-state index is 0.213.